The van der Waals surface area contributed by atoms with Gasteiger partial charge in [0.25, 0.3) is 0 Å². The minimum atomic E-state index is -1.06. The van der Waals surface area contributed by atoms with Crippen molar-refractivity contribution in [3.05, 3.63) is 71.3 Å². The van der Waals surface area contributed by atoms with E-state index in [4.69, 9.17) is 10.5 Å². The average Bonchev–Trinajstić information content (AvgIpc) is 2.55. The summed E-state index contributed by atoms with van der Waals surface area (Å²) in [6.07, 6.45) is 0. The van der Waals surface area contributed by atoms with Crippen molar-refractivity contribution in [2.24, 2.45) is 5.73 Å². The lowest BCUT2D eigenvalue weighted by atomic mass is 9.92. The fourth-order valence-corrected chi connectivity index (χ4v) is 2.30. The lowest BCUT2D eigenvalue weighted by Gasteiger charge is -2.24. The van der Waals surface area contributed by atoms with Gasteiger partial charge in [-0.2, -0.15) is 0 Å². The summed E-state index contributed by atoms with van der Waals surface area (Å²) in [5, 5.41) is 2.92. The largest absolute Gasteiger partial charge is 0.380 e. The molecule has 4 heteroatoms. The molecule has 4 nitrogen and oxygen atoms in total. The first kappa shape index (κ1) is 16.2. The van der Waals surface area contributed by atoms with Gasteiger partial charge in [0.1, 0.15) is 5.54 Å². The van der Waals surface area contributed by atoms with E-state index in [1.807, 2.05) is 54.6 Å². The summed E-state index contributed by atoms with van der Waals surface area (Å²) in [7, 11) is 1.65. The Kier molecular flexibility index (Phi) is 5.31. The summed E-state index contributed by atoms with van der Waals surface area (Å²) in [5.74, 6) is -0.203. The van der Waals surface area contributed by atoms with E-state index in [2.05, 4.69) is 5.32 Å². The van der Waals surface area contributed by atoms with Crippen LogP contribution in [0.25, 0.3) is 0 Å². The fourth-order valence-electron chi connectivity index (χ4n) is 2.30. The number of amides is 1. The Morgan fingerprint density at radius 3 is 2.32 bits per heavy atom. The van der Waals surface area contributed by atoms with E-state index in [1.165, 1.54) is 0 Å². The van der Waals surface area contributed by atoms with E-state index in [-0.39, 0.29) is 5.91 Å². The molecule has 3 N–H and O–H groups in total. The number of hydrogen-bond acceptors (Lipinski definition) is 3. The number of nitrogens with two attached hydrogens (primary N) is 1. The summed E-state index contributed by atoms with van der Waals surface area (Å²) in [4.78, 5) is 12.4. The van der Waals surface area contributed by atoms with Crippen molar-refractivity contribution in [1.82, 2.24) is 5.32 Å². The molecule has 0 aliphatic heterocycles. The van der Waals surface area contributed by atoms with Gasteiger partial charge in [-0.1, -0.05) is 54.6 Å². The van der Waals surface area contributed by atoms with E-state index < -0.39 is 5.54 Å². The van der Waals surface area contributed by atoms with Crippen LogP contribution in [0.3, 0.4) is 0 Å². The molecule has 2 aromatic rings. The molecule has 0 aromatic heterocycles. The van der Waals surface area contributed by atoms with Gasteiger partial charge in [0.15, 0.2) is 0 Å². The van der Waals surface area contributed by atoms with Crippen LogP contribution < -0.4 is 11.1 Å². The highest BCUT2D eigenvalue weighted by molar-refractivity contribution is 5.86. The fraction of sp³-hybridized carbons (Fsp3) is 0.278. The highest BCUT2D eigenvalue weighted by Crippen LogP contribution is 2.18. The SMILES string of the molecule is COCc1ccccc1CNC(=O)C(C)(N)c1ccccc1. The highest BCUT2D eigenvalue weighted by Gasteiger charge is 2.30. The van der Waals surface area contributed by atoms with Gasteiger partial charge in [-0.05, 0) is 23.6 Å². The molecular formula is C18H22N2O2. The highest BCUT2D eigenvalue weighted by atomic mass is 16.5. The van der Waals surface area contributed by atoms with Crippen LogP contribution in [0.5, 0.6) is 0 Å². The molecule has 1 amide bonds. The number of methoxy groups -OCH3 is 1. The average molecular weight is 298 g/mol. The number of carbonyl (C=O) groups is 1. The molecule has 22 heavy (non-hydrogen) atoms. The summed E-state index contributed by atoms with van der Waals surface area (Å²) in [5.41, 5.74) is 8.03. The van der Waals surface area contributed by atoms with Gasteiger partial charge < -0.3 is 15.8 Å². The maximum atomic E-state index is 12.4. The van der Waals surface area contributed by atoms with Crippen LogP contribution in [0.2, 0.25) is 0 Å². The molecule has 0 radical (unpaired) electrons. The second-order valence-electron chi connectivity index (χ2n) is 5.45. The Morgan fingerprint density at radius 1 is 1.09 bits per heavy atom. The van der Waals surface area contributed by atoms with Crippen molar-refractivity contribution in [3.8, 4) is 0 Å². The van der Waals surface area contributed by atoms with Gasteiger partial charge in [0.2, 0.25) is 5.91 Å². The third-order valence-corrected chi connectivity index (χ3v) is 3.70. The van der Waals surface area contributed by atoms with E-state index in [9.17, 15) is 4.79 Å². The number of hydrogen-bond donors (Lipinski definition) is 2. The molecule has 116 valence electrons. The van der Waals surface area contributed by atoms with Crippen LogP contribution in [0, 0.1) is 0 Å². The van der Waals surface area contributed by atoms with Gasteiger partial charge in [-0.15, -0.1) is 0 Å². The molecule has 0 saturated heterocycles. The minimum absolute atomic E-state index is 0.203. The number of rotatable bonds is 6. The standard InChI is InChI=1S/C18H22N2O2/c1-18(19,16-10-4-3-5-11-16)17(21)20-12-14-8-6-7-9-15(14)13-22-2/h3-11H,12-13,19H2,1-2H3,(H,20,21). The first-order valence-electron chi connectivity index (χ1n) is 7.24. The Hall–Kier alpha value is -2.17. The third kappa shape index (κ3) is 3.72. The van der Waals surface area contributed by atoms with Crippen molar-refractivity contribution < 1.29 is 9.53 Å². The van der Waals surface area contributed by atoms with Crippen molar-refractivity contribution >= 4 is 5.91 Å². The van der Waals surface area contributed by atoms with Crippen LogP contribution >= 0.6 is 0 Å². The normalized spacial score (nSPS) is 13.4. The smallest absolute Gasteiger partial charge is 0.244 e. The third-order valence-electron chi connectivity index (χ3n) is 3.70. The summed E-state index contributed by atoms with van der Waals surface area (Å²) in [6, 6.07) is 17.2. The van der Waals surface area contributed by atoms with Crippen molar-refractivity contribution in [2.75, 3.05) is 7.11 Å². The Labute approximate surface area is 131 Å². The number of nitrogens with one attached hydrogen (secondary N) is 1. The molecule has 0 saturated carbocycles. The maximum Gasteiger partial charge on any atom is 0.244 e. The van der Waals surface area contributed by atoms with Gasteiger partial charge in [0.05, 0.1) is 6.61 Å². The zero-order valence-electron chi connectivity index (χ0n) is 13.0. The predicted molar refractivity (Wildman–Crippen MR) is 87.0 cm³/mol. The van der Waals surface area contributed by atoms with E-state index >= 15 is 0 Å². The molecule has 0 spiro atoms. The summed E-state index contributed by atoms with van der Waals surface area (Å²) in [6.45, 7) is 2.67. The Balaban J connectivity index is 2.07. The lowest BCUT2D eigenvalue weighted by Crippen LogP contribution is -2.48. The number of benzene rings is 2. The van der Waals surface area contributed by atoms with Gasteiger partial charge in [-0.25, -0.2) is 0 Å². The Bertz CT molecular complexity index is 624. The molecule has 0 bridgehead atoms. The molecular weight excluding hydrogens is 276 g/mol. The number of carbonyl (C=O) groups excluding carboxylic acids is 1. The zero-order valence-corrected chi connectivity index (χ0v) is 13.0. The van der Waals surface area contributed by atoms with Gasteiger partial charge >= 0.3 is 0 Å². The Morgan fingerprint density at radius 2 is 1.68 bits per heavy atom. The van der Waals surface area contributed by atoms with Crippen LogP contribution in [-0.4, -0.2) is 13.0 Å². The summed E-state index contributed by atoms with van der Waals surface area (Å²) < 4.78 is 5.17. The molecule has 2 aromatic carbocycles. The topological polar surface area (TPSA) is 64.3 Å². The predicted octanol–water partition coefficient (Wildman–Crippen LogP) is 2.32. The first-order valence-corrected chi connectivity index (χ1v) is 7.24. The van der Waals surface area contributed by atoms with Gasteiger partial charge in [-0.3, -0.25) is 4.79 Å². The molecule has 0 aliphatic rings. The van der Waals surface area contributed by atoms with Gasteiger partial charge in [0, 0.05) is 13.7 Å². The zero-order chi connectivity index (χ0) is 16.0. The van der Waals surface area contributed by atoms with Crippen LogP contribution in [0.4, 0.5) is 0 Å². The molecule has 2 rings (SSSR count). The van der Waals surface area contributed by atoms with Crippen LogP contribution in [0.15, 0.2) is 54.6 Å². The van der Waals surface area contributed by atoms with Crippen LogP contribution in [0.1, 0.15) is 23.6 Å². The quantitative estimate of drug-likeness (QED) is 0.860. The van der Waals surface area contributed by atoms with Crippen molar-refractivity contribution in [2.45, 2.75) is 25.6 Å². The monoisotopic (exact) mass is 298 g/mol. The van der Waals surface area contributed by atoms with Crippen molar-refractivity contribution in [1.29, 1.82) is 0 Å². The number of ether oxygens (including phenoxy) is 1. The second-order valence-corrected chi connectivity index (χ2v) is 5.45. The van der Waals surface area contributed by atoms with E-state index in [0.717, 1.165) is 16.7 Å². The van der Waals surface area contributed by atoms with E-state index in [1.54, 1.807) is 14.0 Å². The van der Waals surface area contributed by atoms with Crippen molar-refractivity contribution in [3.63, 3.8) is 0 Å². The molecule has 0 aliphatic carbocycles. The maximum absolute atomic E-state index is 12.4. The van der Waals surface area contributed by atoms with Crippen LogP contribution in [-0.2, 0) is 28.2 Å². The molecule has 1 unspecified atom stereocenters. The first-order chi connectivity index (χ1) is 10.6. The lowest BCUT2D eigenvalue weighted by molar-refractivity contribution is -0.126. The molecule has 1 atom stereocenters. The second kappa shape index (κ2) is 7.20. The molecule has 0 fully saturated rings. The van der Waals surface area contributed by atoms with E-state index in [0.29, 0.717) is 13.2 Å². The molecule has 0 heterocycles. The summed E-state index contributed by atoms with van der Waals surface area (Å²) >= 11 is 0. The minimum Gasteiger partial charge on any atom is -0.380 e.